The third-order valence-corrected chi connectivity index (χ3v) is 5.42. The summed E-state index contributed by atoms with van der Waals surface area (Å²) in [5.74, 6) is 1.59. The molecule has 0 aliphatic carbocycles. The lowest BCUT2D eigenvalue weighted by Crippen LogP contribution is -2.46. The lowest BCUT2D eigenvalue weighted by atomic mass is 10.0. The van der Waals surface area contributed by atoms with E-state index in [1.54, 1.807) is 43.5 Å². The number of halogens is 1. The number of hydrogen-bond donors (Lipinski definition) is 1. The van der Waals surface area contributed by atoms with Crippen LogP contribution in [0.15, 0.2) is 78.1 Å². The van der Waals surface area contributed by atoms with Gasteiger partial charge in [-0.1, -0.05) is 29.9 Å². The monoisotopic (exact) mass is 450 g/mol. The molecule has 2 aliphatic heterocycles. The molecule has 2 N–H and O–H groups in total. The Kier molecular flexibility index (Phi) is 6.53. The van der Waals surface area contributed by atoms with Gasteiger partial charge >= 0.3 is 0 Å². The Labute approximate surface area is 192 Å². The van der Waals surface area contributed by atoms with Crippen LogP contribution in [-0.2, 0) is 9.57 Å². The summed E-state index contributed by atoms with van der Waals surface area (Å²) in [6.07, 6.45) is 5.34. The van der Waals surface area contributed by atoms with E-state index in [4.69, 9.17) is 20.0 Å². The molecule has 8 heteroatoms. The Hall–Kier alpha value is -3.94. The zero-order valence-electron chi connectivity index (χ0n) is 18.7. The fraction of sp³-hybridized carbons (Fsp3) is 0.240. The molecule has 0 saturated carbocycles. The highest BCUT2D eigenvalue weighted by Gasteiger charge is 2.34. The van der Waals surface area contributed by atoms with Gasteiger partial charge in [-0.05, 0) is 48.4 Å². The van der Waals surface area contributed by atoms with Crippen LogP contribution in [-0.4, -0.2) is 37.6 Å². The molecule has 0 amide bonds. The second kappa shape index (κ2) is 9.68. The highest BCUT2D eigenvalue weighted by atomic mass is 19.1. The van der Waals surface area contributed by atoms with Crippen LogP contribution in [0.1, 0.15) is 24.1 Å². The first-order valence-corrected chi connectivity index (χ1v) is 10.6. The topological polar surface area (TPSA) is 72.5 Å². The predicted octanol–water partition coefficient (Wildman–Crippen LogP) is 4.36. The molecule has 0 spiro atoms. The van der Waals surface area contributed by atoms with E-state index in [1.165, 1.54) is 12.1 Å². The van der Waals surface area contributed by atoms with Crippen LogP contribution < -0.4 is 15.4 Å². The molecule has 2 heterocycles. The second-order valence-electron chi connectivity index (χ2n) is 7.72. The molecule has 0 bridgehead atoms. The number of hydrogen-bond acceptors (Lipinski definition) is 7. The van der Waals surface area contributed by atoms with Gasteiger partial charge in [0.05, 0.1) is 25.4 Å². The lowest BCUT2D eigenvalue weighted by Gasteiger charge is -2.39. The van der Waals surface area contributed by atoms with Crippen molar-refractivity contribution in [2.75, 3.05) is 31.8 Å². The first-order chi connectivity index (χ1) is 16.0. The normalized spacial score (nSPS) is 19.2. The van der Waals surface area contributed by atoms with E-state index in [1.807, 2.05) is 24.3 Å². The minimum Gasteiger partial charge on any atom is -0.495 e. The van der Waals surface area contributed by atoms with Crippen LogP contribution in [0.25, 0.3) is 6.08 Å². The Morgan fingerprint density at radius 2 is 2.09 bits per heavy atom. The van der Waals surface area contributed by atoms with Gasteiger partial charge in [0.1, 0.15) is 24.8 Å². The molecule has 1 fully saturated rings. The molecule has 2 aromatic rings. The summed E-state index contributed by atoms with van der Waals surface area (Å²) in [5.41, 5.74) is 9.11. The summed E-state index contributed by atoms with van der Waals surface area (Å²) >= 11 is 0. The van der Waals surface area contributed by atoms with Crippen molar-refractivity contribution >= 4 is 17.6 Å². The maximum Gasteiger partial charge on any atom is 0.211 e. The van der Waals surface area contributed by atoms with Crippen molar-refractivity contribution in [2.45, 2.75) is 13.0 Å². The molecule has 0 aromatic heterocycles. The smallest absolute Gasteiger partial charge is 0.211 e. The number of benzene rings is 2. The van der Waals surface area contributed by atoms with E-state index in [-0.39, 0.29) is 11.9 Å². The number of methoxy groups -OCH3 is 1. The Morgan fingerprint density at radius 1 is 1.30 bits per heavy atom. The summed E-state index contributed by atoms with van der Waals surface area (Å²) in [7, 11) is 1.61. The van der Waals surface area contributed by atoms with Crippen molar-refractivity contribution in [3.05, 3.63) is 89.8 Å². The first kappa shape index (κ1) is 22.3. The average molecular weight is 451 g/mol. The van der Waals surface area contributed by atoms with E-state index >= 15 is 0 Å². The zero-order valence-corrected chi connectivity index (χ0v) is 18.7. The summed E-state index contributed by atoms with van der Waals surface area (Å²) in [6, 6.07) is 12.2. The molecular formula is C25H27FN4O3. The lowest BCUT2D eigenvalue weighted by molar-refractivity contribution is 0.0349. The largest absolute Gasteiger partial charge is 0.495 e. The highest BCUT2D eigenvalue weighted by Crippen LogP contribution is 2.33. The first-order valence-electron chi connectivity index (χ1n) is 10.6. The van der Waals surface area contributed by atoms with E-state index in [2.05, 4.69) is 16.6 Å². The van der Waals surface area contributed by atoms with Gasteiger partial charge in [0.25, 0.3) is 0 Å². The molecular weight excluding hydrogens is 423 g/mol. The van der Waals surface area contributed by atoms with Crippen molar-refractivity contribution in [2.24, 2.45) is 10.9 Å². The van der Waals surface area contributed by atoms with Gasteiger partial charge in [-0.25, -0.2) is 4.39 Å². The zero-order chi connectivity index (χ0) is 23.4. The third-order valence-electron chi connectivity index (χ3n) is 5.42. The fourth-order valence-electron chi connectivity index (χ4n) is 3.88. The average Bonchev–Trinajstić information content (AvgIpc) is 2.83. The molecule has 33 heavy (non-hydrogen) atoms. The molecule has 1 atom stereocenters. The van der Waals surface area contributed by atoms with E-state index in [9.17, 15) is 4.39 Å². The summed E-state index contributed by atoms with van der Waals surface area (Å²) in [5, 5.41) is 4.26. The fourth-order valence-corrected chi connectivity index (χ4v) is 3.88. The van der Waals surface area contributed by atoms with Gasteiger partial charge in [-0.3, -0.25) is 0 Å². The van der Waals surface area contributed by atoms with Crippen molar-refractivity contribution < 1.29 is 18.7 Å². The summed E-state index contributed by atoms with van der Waals surface area (Å²) < 4.78 is 24.9. The molecule has 2 aromatic carbocycles. The molecule has 0 radical (unpaired) electrons. The number of allylic oxidation sites excluding steroid dienone is 1. The van der Waals surface area contributed by atoms with Crippen LogP contribution in [0.3, 0.4) is 0 Å². The van der Waals surface area contributed by atoms with Gasteiger partial charge in [0.2, 0.25) is 5.84 Å². The quantitative estimate of drug-likeness (QED) is 0.705. The maximum absolute atomic E-state index is 13.4. The highest BCUT2D eigenvalue weighted by molar-refractivity contribution is 6.01. The minimum absolute atomic E-state index is 0.0743. The number of morpholine rings is 1. The third kappa shape index (κ3) is 4.79. The van der Waals surface area contributed by atoms with Crippen LogP contribution in [0, 0.1) is 5.82 Å². The number of oxime groups is 1. The number of ether oxygens (including phenoxy) is 2. The number of anilines is 1. The minimum atomic E-state index is -0.267. The standard InChI is InChI=1S/C25H27FN4O3/c1-4-29(15-17(2)27)21-10-5-18(13-23(21)31-3)14-24-25-28-33-16-22(30(25)11-12-32-24)19-6-8-20(26)9-7-19/h4-10,13-15,22H,1,11-12,16,27H2,2-3H3/b17-15-,24-14-. The van der Waals surface area contributed by atoms with Gasteiger partial charge in [0.15, 0.2) is 5.76 Å². The SMILES string of the molecule is C=CN(/C=C(/C)N)c1ccc(/C=C2\OCCN3C2=NOCC3c2ccc(F)cc2)cc1OC. The van der Waals surface area contributed by atoms with Gasteiger partial charge in [0, 0.05) is 18.1 Å². The van der Waals surface area contributed by atoms with Crippen LogP contribution in [0.2, 0.25) is 0 Å². The van der Waals surface area contributed by atoms with Crippen molar-refractivity contribution in [1.29, 1.82) is 0 Å². The van der Waals surface area contributed by atoms with E-state index < -0.39 is 0 Å². The van der Waals surface area contributed by atoms with Crippen molar-refractivity contribution in [1.82, 2.24) is 4.90 Å². The molecule has 1 saturated heterocycles. The number of nitrogens with zero attached hydrogens (tertiary/aromatic N) is 3. The number of rotatable bonds is 6. The number of fused-ring (bicyclic) bond motifs is 1. The number of nitrogens with two attached hydrogens (primary N) is 1. The summed E-state index contributed by atoms with van der Waals surface area (Å²) in [4.78, 5) is 9.45. The molecule has 1 unspecified atom stereocenters. The molecule has 2 aliphatic rings. The Morgan fingerprint density at radius 3 is 2.79 bits per heavy atom. The second-order valence-corrected chi connectivity index (χ2v) is 7.72. The maximum atomic E-state index is 13.4. The van der Waals surface area contributed by atoms with Crippen LogP contribution >= 0.6 is 0 Å². The van der Waals surface area contributed by atoms with Crippen molar-refractivity contribution in [3.63, 3.8) is 0 Å². The molecule has 4 rings (SSSR count). The van der Waals surface area contributed by atoms with Crippen LogP contribution in [0.5, 0.6) is 5.75 Å². The number of amidine groups is 1. The Bertz CT molecular complexity index is 1110. The van der Waals surface area contributed by atoms with Gasteiger partial charge < -0.3 is 29.8 Å². The predicted molar refractivity (Wildman–Crippen MR) is 127 cm³/mol. The Balaban J connectivity index is 1.63. The molecule has 7 nitrogen and oxygen atoms in total. The van der Waals surface area contributed by atoms with Crippen LogP contribution in [0.4, 0.5) is 10.1 Å². The van der Waals surface area contributed by atoms with E-state index in [0.29, 0.717) is 42.8 Å². The van der Waals surface area contributed by atoms with Gasteiger partial charge in [-0.2, -0.15) is 0 Å². The van der Waals surface area contributed by atoms with E-state index in [0.717, 1.165) is 16.8 Å². The summed E-state index contributed by atoms with van der Waals surface area (Å²) in [6.45, 7) is 7.20. The van der Waals surface area contributed by atoms with Gasteiger partial charge in [-0.15, -0.1) is 0 Å². The van der Waals surface area contributed by atoms with Crippen molar-refractivity contribution in [3.8, 4) is 5.75 Å². The molecule has 172 valence electrons.